The molecule has 1 aliphatic carbocycles. The molecule has 6 heteroatoms. The predicted molar refractivity (Wildman–Crippen MR) is 124 cm³/mol. The van der Waals surface area contributed by atoms with E-state index < -0.39 is 0 Å². The van der Waals surface area contributed by atoms with Crippen molar-refractivity contribution in [3.63, 3.8) is 0 Å². The molecule has 150 valence electrons. The maximum absolute atomic E-state index is 6.33. The fraction of sp³-hybridized carbons (Fsp3) is 0.500. The third-order valence-corrected chi connectivity index (χ3v) is 7.24. The molecule has 0 spiro atoms. The molecule has 2 heterocycles. The van der Waals surface area contributed by atoms with E-state index in [4.69, 9.17) is 16.6 Å². The largest absolute Gasteiger partial charge is 0.300 e. The van der Waals surface area contributed by atoms with Gasteiger partial charge >= 0.3 is 0 Å². The van der Waals surface area contributed by atoms with Gasteiger partial charge < -0.3 is 4.90 Å². The number of aromatic nitrogens is 1. The number of thiol groups is 1. The standard InChI is InChI=1S/C22H27BrClN3S/c1-15(14-28)13-26-6-8-27(9-7-26)22-20-5-4-19(24)11-16(20)2-3-17-10-18(23)12-25-21(17)22/h4-5,10-12,15,22,28H,2-3,6-9,13-14H2,1H3/t15-,22?/m1/s1. The Balaban J connectivity index is 1.64. The van der Waals surface area contributed by atoms with Crippen LogP contribution in [-0.4, -0.2) is 53.3 Å². The highest BCUT2D eigenvalue weighted by Crippen LogP contribution is 2.37. The van der Waals surface area contributed by atoms with Crippen LogP contribution in [0.3, 0.4) is 0 Å². The van der Waals surface area contributed by atoms with Gasteiger partial charge in [0.05, 0.1) is 11.7 Å². The maximum Gasteiger partial charge on any atom is 0.0782 e. The third kappa shape index (κ3) is 4.44. The Morgan fingerprint density at radius 1 is 1.18 bits per heavy atom. The summed E-state index contributed by atoms with van der Waals surface area (Å²) in [5.74, 6) is 1.58. The zero-order valence-corrected chi connectivity index (χ0v) is 19.5. The summed E-state index contributed by atoms with van der Waals surface area (Å²) in [6.45, 7) is 7.73. The quantitative estimate of drug-likeness (QED) is 0.630. The number of benzene rings is 1. The Morgan fingerprint density at radius 3 is 2.68 bits per heavy atom. The predicted octanol–water partition coefficient (Wildman–Crippen LogP) is 4.87. The fourth-order valence-corrected chi connectivity index (χ4v) is 5.17. The molecule has 28 heavy (non-hydrogen) atoms. The molecule has 0 saturated carbocycles. The van der Waals surface area contributed by atoms with Crippen molar-refractivity contribution in [2.24, 2.45) is 5.92 Å². The van der Waals surface area contributed by atoms with Crippen LogP contribution in [0.2, 0.25) is 5.02 Å². The molecule has 2 atom stereocenters. The first kappa shape index (κ1) is 20.7. The lowest BCUT2D eigenvalue weighted by Crippen LogP contribution is -2.49. The van der Waals surface area contributed by atoms with Gasteiger partial charge in [-0.1, -0.05) is 24.6 Å². The molecule has 2 aliphatic rings. The van der Waals surface area contributed by atoms with E-state index in [1.807, 2.05) is 12.3 Å². The SMILES string of the molecule is C[C@@H](CS)CN1CCN(C2c3ccc(Cl)cc3CCc3cc(Br)cnc32)CC1. The van der Waals surface area contributed by atoms with Crippen LogP contribution in [0.15, 0.2) is 34.9 Å². The molecular weight excluding hydrogens is 454 g/mol. The third-order valence-electron chi connectivity index (χ3n) is 5.94. The number of hydrogen-bond acceptors (Lipinski definition) is 4. The molecule has 0 N–H and O–H groups in total. The Kier molecular flexibility index (Phi) is 6.68. The number of fused-ring (bicyclic) bond motifs is 2. The van der Waals surface area contributed by atoms with E-state index in [-0.39, 0.29) is 6.04 Å². The van der Waals surface area contributed by atoms with Crippen molar-refractivity contribution in [3.8, 4) is 0 Å². The molecule has 0 amide bonds. The molecule has 4 rings (SSSR count). The zero-order chi connectivity index (χ0) is 19.7. The number of hydrogen-bond donors (Lipinski definition) is 1. The van der Waals surface area contributed by atoms with Gasteiger partial charge in [-0.05, 0) is 75.3 Å². The minimum Gasteiger partial charge on any atom is -0.300 e. The van der Waals surface area contributed by atoms with E-state index in [0.29, 0.717) is 5.92 Å². The van der Waals surface area contributed by atoms with E-state index >= 15 is 0 Å². The molecule has 2 aromatic rings. The summed E-state index contributed by atoms with van der Waals surface area (Å²) >= 11 is 14.4. The van der Waals surface area contributed by atoms with E-state index in [1.54, 1.807) is 0 Å². The van der Waals surface area contributed by atoms with E-state index in [1.165, 1.54) is 22.4 Å². The number of pyridine rings is 1. The molecule has 1 aliphatic heterocycles. The smallest absolute Gasteiger partial charge is 0.0782 e. The van der Waals surface area contributed by atoms with Gasteiger partial charge in [-0.2, -0.15) is 12.6 Å². The second-order valence-corrected chi connectivity index (χ2v) is 9.79. The maximum atomic E-state index is 6.33. The topological polar surface area (TPSA) is 19.4 Å². The highest BCUT2D eigenvalue weighted by Gasteiger charge is 2.32. The Hall–Kier alpha value is -0.590. The van der Waals surface area contributed by atoms with Crippen molar-refractivity contribution in [2.45, 2.75) is 25.8 Å². The molecule has 1 saturated heterocycles. The van der Waals surface area contributed by atoms with Crippen molar-refractivity contribution in [3.05, 3.63) is 62.3 Å². The van der Waals surface area contributed by atoms with Gasteiger partial charge in [-0.25, -0.2) is 0 Å². The minimum atomic E-state index is 0.210. The summed E-state index contributed by atoms with van der Waals surface area (Å²) in [7, 11) is 0. The van der Waals surface area contributed by atoms with Gasteiger partial charge in [0.25, 0.3) is 0 Å². The summed E-state index contributed by atoms with van der Waals surface area (Å²) < 4.78 is 1.06. The van der Waals surface area contributed by atoms with Crippen LogP contribution in [-0.2, 0) is 12.8 Å². The second kappa shape index (κ2) is 9.05. The van der Waals surface area contributed by atoms with Crippen LogP contribution < -0.4 is 0 Å². The lowest BCUT2D eigenvalue weighted by Gasteiger charge is -2.40. The monoisotopic (exact) mass is 479 g/mol. The molecule has 3 nitrogen and oxygen atoms in total. The second-order valence-electron chi connectivity index (χ2n) is 8.07. The molecule has 1 unspecified atom stereocenters. The first-order valence-corrected chi connectivity index (χ1v) is 11.9. The lowest BCUT2D eigenvalue weighted by atomic mass is 9.96. The normalized spacial score (nSPS) is 21.6. The average molecular weight is 481 g/mol. The molecule has 0 bridgehead atoms. The van der Waals surface area contributed by atoms with Crippen molar-refractivity contribution >= 4 is 40.2 Å². The van der Waals surface area contributed by atoms with Crippen LogP contribution >= 0.6 is 40.2 Å². The molecule has 0 radical (unpaired) electrons. The number of piperazine rings is 1. The van der Waals surface area contributed by atoms with Crippen LogP contribution in [0.5, 0.6) is 0 Å². The van der Waals surface area contributed by atoms with Crippen LogP contribution in [0.1, 0.15) is 35.3 Å². The van der Waals surface area contributed by atoms with Crippen LogP contribution in [0.25, 0.3) is 0 Å². The van der Waals surface area contributed by atoms with Crippen molar-refractivity contribution in [2.75, 3.05) is 38.5 Å². The van der Waals surface area contributed by atoms with Gasteiger partial charge in [0.2, 0.25) is 0 Å². The molecule has 1 aromatic carbocycles. The highest BCUT2D eigenvalue weighted by molar-refractivity contribution is 9.10. The average Bonchev–Trinajstić information content (AvgIpc) is 2.85. The van der Waals surface area contributed by atoms with Gasteiger partial charge in [0.15, 0.2) is 0 Å². The number of rotatable bonds is 4. The summed E-state index contributed by atoms with van der Waals surface area (Å²) in [4.78, 5) is 10.1. The molecular formula is C22H27BrClN3S. The van der Waals surface area contributed by atoms with E-state index in [2.05, 4.69) is 63.5 Å². The van der Waals surface area contributed by atoms with Gasteiger partial charge in [-0.3, -0.25) is 9.88 Å². The van der Waals surface area contributed by atoms with Gasteiger partial charge in [0.1, 0.15) is 0 Å². The van der Waals surface area contributed by atoms with E-state index in [9.17, 15) is 0 Å². The number of aryl methyl sites for hydroxylation is 2. The molecule has 1 fully saturated rings. The zero-order valence-electron chi connectivity index (χ0n) is 16.2. The Labute approximate surface area is 187 Å². The summed E-state index contributed by atoms with van der Waals surface area (Å²) in [5.41, 5.74) is 5.28. The van der Waals surface area contributed by atoms with E-state index in [0.717, 1.165) is 60.8 Å². The highest BCUT2D eigenvalue weighted by atomic mass is 79.9. The first-order chi connectivity index (χ1) is 13.5. The van der Waals surface area contributed by atoms with Gasteiger partial charge in [-0.15, -0.1) is 0 Å². The Morgan fingerprint density at radius 2 is 1.93 bits per heavy atom. The number of halogens is 2. The number of nitrogens with zero attached hydrogens (tertiary/aromatic N) is 3. The lowest BCUT2D eigenvalue weighted by molar-refractivity contribution is 0.100. The first-order valence-electron chi connectivity index (χ1n) is 10.0. The fourth-order valence-electron chi connectivity index (χ4n) is 4.48. The van der Waals surface area contributed by atoms with Gasteiger partial charge in [0, 0.05) is 48.4 Å². The summed E-state index contributed by atoms with van der Waals surface area (Å²) in [5, 5.41) is 0.822. The Bertz CT molecular complexity index is 785. The van der Waals surface area contributed by atoms with Crippen LogP contribution in [0.4, 0.5) is 0 Å². The molecule has 1 aromatic heterocycles. The minimum absolute atomic E-state index is 0.210. The van der Waals surface area contributed by atoms with Crippen molar-refractivity contribution in [1.82, 2.24) is 14.8 Å². The summed E-state index contributed by atoms with van der Waals surface area (Å²) in [6.07, 6.45) is 3.96. The summed E-state index contributed by atoms with van der Waals surface area (Å²) in [6, 6.07) is 8.85. The van der Waals surface area contributed by atoms with Crippen LogP contribution in [0, 0.1) is 5.92 Å². The van der Waals surface area contributed by atoms with Crippen molar-refractivity contribution in [1.29, 1.82) is 0 Å². The van der Waals surface area contributed by atoms with Crippen molar-refractivity contribution < 1.29 is 0 Å².